The molecule has 10 heteroatoms. The third-order valence-electron chi connectivity index (χ3n) is 10.6. The SMILES string of the molecule is COC(=O)C[C@H]1[C@]2(C)CO[C@]3(O)[C@@H](C=C4C5=CC(=O)O[C@@H](c6ccoc6)[C@]5(C)CC[C@]4(O)[C@]13C)[C@H]2OC(C)=O. The van der Waals surface area contributed by atoms with Crippen LogP contribution in [-0.2, 0) is 33.3 Å². The van der Waals surface area contributed by atoms with E-state index in [1.165, 1.54) is 32.6 Å². The van der Waals surface area contributed by atoms with Gasteiger partial charge in [-0.2, -0.15) is 0 Å². The highest BCUT2D eigenvalue weighted by Crippen LogP contribution is 2.75. The highest BCUT2D eigenvalue weighted by atomic mass is 16.6. The maximum absolute atomic E-state index is 12.9. The molecule has 0 unspecified atom stereocenters. The molecule has 0 aromatic carbocycles. The summed E-state index contributed by atoms with van der Waals surface area (Å²) in [6, 6.07) is 1.75. The molecule has 1 aromatic heterocycles. The summed E-state index contributed by atoms with van der Waals surface area (Å²) in [5.74, 6) is -5.15. The van der Waals surface area contributed by atoms with Crippen molar-refractivity contribution in [2.24, 2.45) is 28.1 Å². The average Bonchev–Trinajstić information content (AvgIpc) is 3.41. The van der Waals surface area contributed by atoms with Gasteiger partial charge in [0.15, 0.2) is 5.79 Å². The molecule has 3 aliphatic carbocycles. The van der Waals surface area contributed by atoms with Crippen LogP contribution in [0, 0.1) is 28.1 Å². The normalized spacial score (nSPS) is 45.8. The van der Waals surface area contributed by atoms with Gasteiger partial charge in [0, 0.05) is 35.8 Å². The van der Waals surface area contributed by atoms with Gasteiger partial charge in [0.25, 0.3) is 0 Å². The molecule has 210 valence electrons. The summed E-state index contributed by atoms with van der Waals surface area (Å²) in [6.45, 7) is 6.89. The number of carbonyl (C=O) groups excluding carboxylic acids is 3. The van der Waals surface area contributed by atoms with Gasteiger partial charge >= 0.3 is 17.9 Å². The second kappa shape index (κ2) is 8.05. The summed E-state index contributed by atoms with van der Waals surface area (Å²) >= 11 is 0. The van der Waals surface area contributed by atoms with Crippen molar-refractivity contribution in [3.8, 4) is 0 Å². The molecule has 4 bridgehead atoms. The summed E-state index contributed by atoms with van der Waals surface area (Å²) in [5.41, 5.74) is -3.04. The predicted molar refractivity (Wildman–Crippen MR) is 132 cm³/mol. The second-order valence-electron chi connectivity index (χ2n) is 12.4. The van der Waals surface area contributed by atoms with Crippen molar-refractivity contribution in [1.82, 2.24) is 0 Å². The van der Waals surface area contributed by atoms with Crippen molar-refractivity contribution in [1.29, 1.82) is 0 Å². The molecule has 10 nitrogen and oxygen atoms in total. The lowest BCUT2D eigenvalue weighted by molar-refractivity contribution is -0.443. The van der Waals surface area contributed by atoms with Crippen LogP contribution in [-0.4, -0.2) is 59.3 Å². The zero-order valence-corrected chi connectivity index (χ0v) is 22.7. The molecule has 39 heavy (non-hydrogen) atoms. The zero-order chi connectivity index (χ0) is 28.2. The van der Waals surface area contributed by atoms with E-state index in [4.69, 9.17) is 23.4 Å². The Balaban J connectivity index is 1.59. The summed E-state index contributed by atoms with van der Waals surface area (Å²) in [5, 5.41) is 25.1. The third-order valence-corrected chi connectivity index (χ3v) is 10.6. The van der Waals surface area contributed by atoms with Crippen LogP contribution >= 0.6 is 0 Å². The summed E-state index contributed by atoms with van der Waals surface area (Å²) in [6.07, 6.45) is 5.12. The quantitative estimate of drug-likeness (QED) is 0.431. The Bertz CT molecular complexity index is 1310. The number of esters is 3. The Kier molecular flexibility index (Phi) is 5.42. The van der Waals surface area contributed by atoms with Gasteiger partial charge in [-0.05, 0) is 36.0 Å². The van der Waals surface area contributed by atoms with E-state index in [0.29, 0.717) is 23.1 Å². The molecule has 9 atom stereocenters. The number of methoxy groups -OCH3 is 1. The van der Waals surface area contributed by atoms with Crippen molar-refractivity contribution in [3.05, 3.63) is 47.5 Å². The molecule has 4 heterocycles. The van der Waals surface area contributed by atoms with Crippen molar-refractivity contribution >= 4 is 17.9 Å². The lowest BCUT2D eigenvalue weighted by atomic mass is 9.36. The Morgan fingerprint density at radius 1 is 1.15 bits per heavy atom. The van der Waals surface area contributed by atoms with Gasteiger partial charge in [0.05, 0.1) is 37.6 Å². The summed E-state index contributed by atoms with van der Waals surface area (Å²) in [7, 11) is 1.28. The first-order chi connectivity index (χ1) is 18.3. The third kappa shape index (κ3) is 3.05. The number of hydrogen-bond acceptors (Lipinski definition) is 10. The maximum atomic E-state index is 12.9. The molecule has 2 saturated carbocycles. The lowest BCUT2D eigenvalue weighted by Gasteiger charge is -2.75. The predicted octanol–water partition coefficient (Wildman–Crippen LogP) is 2.75. The van der Waals surface area contributed by atoms with Gasteiger partial charge in [0.1, 0.15) is 17.8 Å². The van der Waals surface area contributed by atoms with Crippen LogP contribution in [0.5, 0.6) is 0 Å². The van der Waals surface area contributed by atoms with Crippen LogP contribution in [0.4, 0.5) is 0 Å². The Morgan fingerprint density at radius 2 is 1.90 bits per heavy atom. The first kappa shape index (κ1) is 26.3. The van der Waals surface area contributed by atoms with Gasteiger partial charge in [-0.25, -0.2) is 4.79 Å². The lowest BCUT2D eigenvalue weighted by Crippen LogP contribution is -2.83. The fourth-order valence-electron chi connectivity index (χ4n) is 8.58. The van der Waals surface area contributed by atoms with E-state index in [0.717, 1.165) is 0 Å². The maximum Gasteiger partial charge on any atom is 0.331 e. The largest absolute Gasteiger partial charge is 0.472 e. The van der Waals surface area contributed by atoms with E-state index >= 15 is 0 Å². The standard InChI is InChI=1S/C29H34O10/c1-15(30)38-24-19-10-18-17-11-22(32)39-23(16-6-9-36-13-16)25(17,2)7-8-28(18,33)27(4)20(12-21(31)35-5)26(24,3)14-37-29(19,27)34/h6,9-11,13,19-20,23-24,33-34H,7-8,12,14H2,1-5H3/t19-,20-,23-,24+,25+,26-,27-,28+,29+/m0/s1. The molecule has 0 spiro atoms. The number of ether oxygens (including phenoxy) is 4. The molecule has 1 aromatic rings. The minimum atomic E-state index is -1.96. The first-order valence-corrected chi connectivity index (χ1v) is 13.3. The molecule has 7 rings (SSSR count). The van der Waals surface area contributed by atoms with E-state index < -0.39 is 69.6 Å². The Hall–Kier alpha value is -2.95. The molecule has 4 fully saturated rings. The van der Waals surface area contributed by atoms with E-state index in [1.807, 2.05) is 13.8 Å². The van der Waals surface area contributed by atoms with Crippen LogP contribution in [0.1, 0.15) is 58.6 Å². The van der Waals surface area contributed by atoms with Crippen LogP contribution in [0.2, 0.25) is 0 Å². The molecule has 0 radical (unpaired) electrons. The second-order valence-corrected chi connectivity index (χ2v) is 12.4. The first-order valence-electron chi connectivity index (χ1n) is 13.3. The van der Waals surface area contributed by atoms with Gasteiger partial charge in [-0.3, -0.25) is 9.59 Å². The number of aliphatic hydroxyl groups is 2. The van der Waals surface area contributed by atoms with Crippen LogP contribution in [0.3, 0.4) is 0 Å². The Morgan fingerprint density at radius 3 is 2.54 bits per heavy atom. The minimum Gasteiger partial charge on any atom is -0.472 e. The van der Waals surface area contributed by atoms with E-state index in [1.54, 1.807) is 19.1 Å². The summed E-state index contributed by atoms with van der Waals surface area (Å²) < 4.78 is 28.1. The fourth-order valence-corrected chi connectivity index (χ4v) is 8.58. The zero-order valence-electron chi connectivity index (χ0n) is 22.7. The van der Waals surface area contributed by atoms with E-state index in [-0.39, 0.29) is 19.4 Å². The number of furan rings is 1. The molecule has 2 N–H and O–H groups in total. The number of fused-ring (bicyclic) bond motifs is 4. The van der Waals surface area contributed by atoms with Crippen molar-refractivity contribution in [2.75, 3.05) is 13.7 Å². The smallest absolute Gasteiger partial charge is 0.331 e. The number of cyclic esters (lactones) is 1. The number of carbonyl (C=O) groups is 3. The molecule has 2 saturated heterocycles. The molecular weight excluding hydrogens is 508 g/mol. The van der Waals surface area contributed by atoms with Gasteiger partial charge < -0.3 is 33.6 Å². The van der Waals surface area contributed by atoms with E-state index in [9.17, 15) is 24.6 Å². The minimum absolute atomic E-state index is 0.0176. The van der Waals surface area contributed by atoms with Crippen molar-refractivity contribution in [3.63, 3.8) is 0 Å². The van der Waals surface area contributed by atoms with Crippen molar-refractivity contribution < 1.29 is 48.0 Å². The highest BCUT2D eigenvalue weighted by Gasteiger charge is 2.82. The van der Waals surface area contributed by atoms with Gasteiger partial charge in [-0.1, -0.05) is 26.8 Å². The van der Waals surface area contributed by atoms with Crippen LogP contribution in [0.15, 0.2) is 46.3 Å². The monoisotopic (exact) mass is 542 g/mol. The van der Waals surface area contributed by atoms with Gasteiger partial charge in [-0.15, -0.1) is 0 Å². The van der Waals surface area contributed by atoms with Crippen LogP contribution in [0.25, 0.3) is 0 Å². The fraction of sp³-hybridized carbons (Fsp3) is 0.621. The van der Waals surface area contributed by atoms with Crippen LogP contribution < -0.4 is 0 Å². The molecule has 6 aliphatic rings. The van der Waals surface area contributed by atoms with Crippen molar-refractivity contribution in [2.45, 2.75) is 70.6 Å². The molecule has 0 amide bonds. The van der Waals surface area contributed by atoms with E-state index in [2.05, 4.69) is 0 Å². The molecule has 3 aliphatic heterocycles. The van der Waals surface area contributed by atoms with Gasteiger partial charge in [0.2, 0.25) is 0 Å². The molecular formula is C29H34O10. The average molecular weight is 543 g/mol. The topological polar surface area (TPSA) is 142 Å². The summed E-state index contributed by atoms with van der Waals surface area (Å²) in [4.78, 5) is 38.0. The number of rotatable bonds is 4. The highest BCUT2D eigenvalue weighted by molar-refractivity contribution is 5.86. The Labute approximate surface area is 225 Å². The number of hydrogen-bond donors (Lipinski definition) is 2.